The van der Waals surface area contributed by atoms with Crippen LogP contribution in [-0.4, -0.2) is 0 Å². The van der Waals surface area contributed by atoms with Crippen LogP contribution in [0, 0.1) is 0 Å². The lowest BCUT2D eigenvalue weighted by atomic mass is 9.63. The maximum atomic E-state index is 3.69. The second kappa shape index (κ2) is 7.35. The minimum absolute atomic E-state index is 0.233. The SMILES string of the molecule is CC1(C)CCC(C)(C)c2cc(-c3ccc(-c4ccc(Br)c5ccccc45)cc3)ccc21. The fraction of sp³-hybridized carbons (Fsp3) is 0.267. The third-order valence-electron chi connectivity index (χ3n) is 7.25. The molecule has 156 valence electrons. The molecule has 1 aliphatic carbocycles. The Bertz CT molecular complexity index is 1280. The fourth-order valence-corrected chi connectivity index (χ4v) is 5.60. The van der Waals surface area contributed by atoms with Crippen LogP contribution in [0.4, 0.5) is 0 Å². The van der Waals surface area contributed by atoms with Crippen LogP contribution in [0.25, 0.3) is 33.0 Å². The maximum absolute atomic E-state index is 3.69. The van der Waals surface area contributed by atoms with Crippen LogP contribution in [0.3, 0.4) is 0 Å². The molecule has 1 aliphatic rings. The fourth-order valence-electron chi connectivity index (χ4n) is 5.12. The van der Waals surface area contributed by atoms with Gasteiger partial charge < -0.3 is 0 Å². The second-order valence-electron chi connectivity index (χ2n) is 10.2. The summed E-state index contributed by atoms with van der Waals surface area (Å²) in [4.78, 5) is 0. The molecule has 1 heteroatoms. The van der Waals surface area contributed by atoms with Crippen molar-refractivity contribution in [2.24, 2.45) is 0 Å². The van der Waals surface area contributed by atoms with Crippen molar-refractivity contribution in [3.05, 3.63) is 94.5 Å². The van der Waals surface area contributed by atoms with Crippen LogP contribution >= 0.6 is 15.9 Å². The Morgan fingerprint density at radius 2 is 1.16 bits per heavy atom. The van der Waals surface area contributed by atoms with Crippen molar-refractivity contribution in [2.75, 3.05) is 0 Å². The topological polar surface area (TPSA) is 0 Å². The normalized spacial score (nSPS) is 16.8. The molecule has 0 saturated heterocycles. The average molecular weight is 469 g/mol. The molecule has 0 amide bonds. The Kier molecular flexibility index (Phi) is 4.86. The van der Waals surface area contributed by atoms with Crippen LogP contribution < -0.4 is 0 Å². The smallest absolute Gasteiger partial charge is 0.0254 e. The van der Waals surface area contributed by atoms with Crippen LogP contribution in [0.15, 0.2) is 83.3 Å². The Balaban J connectivity index is 1.56. The molecule has 0 saturated carbocycles. The van der Waals surface area contributed by atoms with E-state index in [1.165, 1.54) is 57.0 Å². The van der Waals surface area contributed by atoms with Gasteiger partial charge in [0, 0.05) is 4.47 Å². The summed E-state index contributed by atoms with van der Waals surface area (Å²) in [5, 5.41) is 2.53. The van der Waals surface area contributed by atoms with Crippen LogP contribution in [0.5, 0.6) is 0 Å². The number of hydrogen-bond acceptors (Lipinski definition) is 0. The van der Waals surface area contributed by atoms with Crippen molar-refractivity contribution in [1.82, 2.24) is 0 Å². The van der Waals surface area contributed by atoms with Gasteiger partial charge in [-0.3, -0.25) is 0 Å². The first-order chi connectivity index (χ1) is 14.8. The van der Waals surface area contributed by atoms with Gasteiger partial charge in [-0.05, 0) is 73.9 Å². The molecule has 0 bridgehead atoms. The first kappa shape index (κ1) is 20.5. The highest BCUT2D eigenvalue weighted by Gasteiger charge is 2.36. The summed E-state index contributed by atoms with van der Waals surface area (Å²) in [5.41, 5.74) is 8.66. The Morgan fingerprint density at radius 3 is 1.87 bits per heavy atom. The van der Waals surface area contributed by atoms with Gasteiger partial charge in [0.25, 0.3) is 0 Å². The summed E-state index contributed by atoms with van der Waals surface area (Å²) in [6, 6.07) is 29.2. The van der Waals surface area contributed by atoms with Crippen molar-refractivity contribution in [3.63, 3.8) is 0 Å². The van der Waals surface area contributed by atoms with E-state index in [0.29, 0.717) is 0 Å². The van der Waals surface area contributed by atoms with E-state index < -0.39 is 0 Å². The highest BCUT2D eigenvalue weighted by Crippen LogP contribution is 2.47. The number of fused-ring (bicyclic) bond motifs is 2. The maximum Gasteiger partial charge on any atom is 0.0254 e. The first-order valence-corrected chi connectivity index (χ1v) is 12.0. The largest absolute Gasteiger partial charge is 0.0616 e. The van der Waals surface area contributed by atoms with E-state index in [2.05, 4.69) is 122 Å². The summed E-state index contributed by atoms with van der Waals surface area (Å²) in [6.07, 6.45) is 2.49. The predicted octanol–water partition coefficient (Wildman–Crippen LogP) is 9.29. The molecule has 0 N–H and O–H groups in total. The monoisotopic (exact) mass is 468 g/mol. The number of hydrogen-bond donors (Lipinski definition) is 0. The molecule has 0 spiro atoms. The summed E-state index contributed by atoms with van der Waals surface area (Å²) in [6.45, 7) is 9.56. The zero-order valence-corrected chi connectivity index (χ0v) is 20.4. The van der Waals surface area contributed by atoms with Gasteiger partial charge in [-0.15, -0.1) is 0 Å². The molecular weight excluding hydrogens is 440 g/mol. The Labute approximate surface area is 194 Å². The van der Waals surface area contributed by atoms with E-state index in [1.807, 2.05) is 0 Å². The molecule has 5 rings (SSSR count). The van der Waals surface area contributed by atoms with Gasteiger partial charge in [-0.2, -0.15) is 0 Å². The molecule has 0 atom stereocenters. The van der Waals surface area contributed by atoms with E-state index in [1.54, 1.807) is 0 Å². The van der Waals surface area contributed by atoms with Gasteiger partial charge in [-0.25, -0.2) is 0 Å². The highest BCUT2D eigenvalue weighted by molar-refractivity contribution is 9.10. The lowest BCUT2D eigenvalue weighted by Gasteiger charge is -2.42. The van der Waals surface area contributed by atoms with Gasteiger partial charge in [0.15, 0.2) is 0 Å². The molecule has 0 aliphatic heterocycles. The van der Waals surface area contributed by atoms with E-state index in [0.717, 1.165) is 4.47 Å². The molecular formula is C30H29Br. The molecule has 0 aromatic heterocycles. The molecule has 0 radical (unpaired) electrons. The van der Waals surface area contributed by atoms with Crippen molar-refractivity contribution in [2.45, 2.75) is 51.4 Å². The lowest BCUT2D eigenvalue weighted by Crippen LogP contribution is -2.33. The Morgan fingerprint density at radius 1 is 0.581 bits per heavy atom. The lowest BCUT2D eigenvalue weighted by molar-refractivity contribution is 0.332. The average Bonchev–Trinajstić information content (AvgIpc) is 2.77. The molecule has 31 heavy (non-hydrogen) atoms. The summed E-state index contributed by atoms with van der Waals surface area (Å²) in [7, 11) is 0. The van der Waals surface area contributed by atoms with Gasteiger partial charge in [0.1, 0.15) is 0 Å². The van der Waals surface area contributed by atoms with Crippen molar-refractivity contribution < 1.29 is 0 Å². The molecule has 0 fully saturated rings. The molecule has 4 aromatic carbocycles. The zero-order valence-electron chi connectivity index (χ0n) is 18.8. The summed E-state index contributed by atoms with van der Waals surface area (Å²) < 4.78 is 1.14. The number of halogens is 1. The molecule has 0 nitrogen and oxygen atoms in total. The van der Waals surface area contributed by atoms with E-state index >= 15 is 0 Å². The van der Waals surface area contributed by atoms with E-state index in [-0.39, 0.29) is 10.8 Å². The van der Waals surface area contributed by atoms with Crippen molar-refractivity contribution in [1.29, 1.82) is 0 Å². The van der Waals surface area contributed by atoms with Gasteiger partial charge in [-0.1, -0.05) is 116 Å². The minimum Gasteiger partial charge on any atom is -0.0616 e. The standard InChI is InChI=1S/C30H29Br/c1-29(2)17-18-30(3,4)27-19-22(13-15-26(27)29)20-9-11-21(12-10-20)23-14-16-28(31)25-8-6-5-7-24(23)25/h5-16,19H,17-18H2,1-4H3. The third kappa shape index (κ3) is 3.53. The van der Waals surface area contributed by atoms with E-state index in [9.17, 15) is 0 Å². The van der Waals surface area contributed by atoms with Crippen LogP contribution in [0.1, 0.15) is 51.7 Å². The zero-order chi connectivity index (χ0) is 21.8. The van der Waals surface area contributed by atoms with Gasteiger partial charge >= 0.3 is 0 Å². The quantitative estimate of drug-likeness (QED) is 0.274. The van der Waals surface area contributed by atoms with E-state index in [4.69, 9.17) is 0 Å². The van der Waals surface area contributed by atoms with Crippen molar-refractivity contribution >= 4 is 26.7 Å². The summed E-state index contributed by atoms with van der Waals surface area (Å²) >= 11 is 3.69. The number of benzene rings is 4. The second-order valence-corrected chi connectivity index (χ2v) is 11.1. The van der Waals surface area contributed by atoms with Crippen LogP contribution in [0.2, 0.25) is 0 Å². The molecule has 0 heterocycles. The molecule has 0 unspecified atom stereocenters. The van der Waals surface area contributed by atoms with Crippen LogP contribution in [-0.2, 0) is 10.8 Å². The van der Waals surface area contributed by atoms with Gasteiger partial charge in [0.05, 0.1) is 0 Å². The number of rotatable bonds is 2. The molecule has 4 aromatic rings. The predicted molar refractivity (Wildman–Crippen MR) is 138 cm³/mol. The third-order valence-corrected chi connectivity index (χ3v) is 7.94. The van der Waals surface area contributed by atoms with Crippen molar-refractivity contribution in [3.8, 4) is 22.3 Å². The minimum atomic E-state index is 0.233. The highest BCUT2D eigenvalue weighted by atomic mass is 79.9. The summed E-state index contributed by atoms with van der Waals surface area (Å²) in [5.74, 6) is 0. The Hall–Kier alpha value is -2.38. The van der Waals surface area contributed by atoms with Gasteiger partial charge in [0.2, 0.25) is 0 Å². The first-order valence-electron chi connectivity index (χ1n) is 11.2.